The second-order valence-corrected chi connectivity index (χ2v) is 4.53. The molecule has 0 heterocycles. The Kier molecular flexibility index (Phi) is 3.84. The Morgan fingerprint density at radius 2 is 1.60 bits per heavy atom. The summed E-state index contributed by atoms with van der Waals surface area (Å²) in [5, 5.41) is 0. The first-order valence-corrected chi connectivity index (χ1v) is 6.16. The lowest BCUT2D eigenvalue weighted by Gasteiger charge is -2.09. The van der Waals surface area contributed by atoms with Gasteiger partial charge in [0.1, 0.15) is 11.5 Å². The second-order valence-electron chi connectivity index (χ2n) is 4.53. The molecule has 2 N–H and O–H groups in total. The maximum Gasteiger partial charge on any atom is 0.248 e. The maximum absolute atomic E-state index is 11.3. The molecule has 4 heteroatoms. The predicted molar refractivity (Wildman–Crippen MR) is 76.2 cm³/mol. The molecule has 0 saturated carbocycles. The number of aryl methyl sites for hydroxylation is 1. The summed E-state index contributed by atoms with van der Waals surface area (Å²) in [6, 6.07) is 11.8. The Balaban J connectivity index is 2.21. The van der Waals surface area contributed by atoms with Crippen molar-refractivity contribution in [3.63, 3.8) is 0 Å². The van der Waals surface area contributed by atoms with E-state index in [1.165, 1.54) is 6.92 Å². The van der Waals surface area contributed by atoms with Gasteiger partial charge in [0, 0.05) is 11.1 Å². The molecule has 0 aliphatic carbocycles. The number of nitrogens with two attached hydrogens (primary N) is 1. The third-order valence-electron chi connectivity index (χ3n) is 2.95. The van der Waals surface area contributed by atoms with Crippen LogP contribution in [0, 0.1) is 6.92 Å². The van der Waals surface area contributed by atoms with E-state index in [1.54, 1.807) is 42.5 Å². The molecule has 0 saturated heterocycles. The van der Waals surface area contributed by atoms with Crippen LogP contribution in [0.1, 0.15) is 33.2 Å². The third-order valence-corrected chi connectivity index (χ3v) is 2.95. The van der Waals surface area contributed by atoms with Gasteiger partial charge in [-0.05, 0) is 61.9 Å². The number of rotatable bonds is 4. The molecule has 20 heavy (non-hydrogen) atoms. The molecule has 0 spiro atoms. The maximum atomic E-state index is 11.3. The van der Waals surface area contributed by atoms with Crippen LogP contribution in [0.3, 0.4) is 0 Å². The lowest BCUT2D eigenvalue weighted by Crippen LogP contribution is -2.10. The number of amides is 1. The Bertz CT molecular complexity index is 660. The number of benzene rings is 2. The van der Waals surface area contributed by atoms with Crippen LogP contribution in [0.2, 0.25) is 0 Å². The van der Waals surface area contributed by atoms with Crippen LogP contribution in [-0.4, -0.2) is 11.7 Å². The van der Waals surface area contributed by atoms with E-state index in [2.05, 4.69) is 0 Å². The Morgan fingerprint density at radius 3 is 2.10 bits per heavy atom. The Hall–Kier alpha value is -2.62. The van der Waals surface area contributed by atoms with Gasteiger partial charge in [-0.15, -0.1) is 0 Å². The number of ether oxygens (including phenoxy) is 1. The molecular formula is C16H15NO3. The molecule has 0 aliphatic heterocycles. The van der Waals surface area contributed by atoms with E-state index >= 15 is 0 Å². The van der Waals surface area contributed by atoms with E-state index in [1.807, 2.05) is 6.92 Å². The zero-order valence-corrected chi connectivity index (χ0v) is 11.3. The van der Waals surface area contributed by atoms with Crippen LogP contribution in [0.25, 0.3) is 0 Å². The summed E-state index contributed by atoms with van der Waals surface area (Å²) < 4.78 is 5.72. The monoisotopic (exact) mass is 269 g/mol. The quantitative estimate of drug-likeness (QED) is 0.867. The van der Waals surface area contributed by atoms with Gasteiger partial charge in [-0.25, -0.2) is 0 Å². The Labute approximate surface area is 117 Å². The van der Waals surface area contributed by atoms with Gasteiger partial charge < -0.3 is 10.5 Å². The molecule has 0 fully saturated rings. The zero-order chi connectivity index (χ0) is 14.7. The summed E-state index contributed by atoms with van der Waals surface area (Å²) in [6.07, 6.45) is 0. The average Bonchev–Trinajstić information content (AvgIpc) is 2.41. The highest BCUT2D eigenvalue weighted by atomic mass is 16.5. The van der Waals surface area contributed by atoms with E-state index < -0.39 is 5.91 Å². The van der Waals surface area contributed by atoms with Crippen LogP contribution < -0.4 is 10.5 Å². The largest absolute Gasteiger partial charge is 0.457 e. The number of carbonyl (C=O) groups excluding carboxylic acids is 2. The number of Topliss-reactive ketones (excluding diaryl/α,β-unsaturated/α-hetero) is 1. The van der Waals surface area contributed by atoms with Gasteiger partial charge >= 0.3 is 0 Å². The van der Waals surface area contributed by atoms with Crippen LogP contribution in [0.4, 0.5) is 0 Å². The van der Waals surface area contributed by atoms with Crippen molar-refractivity contribution in [1.82, 2.24) is 0 Å². The van der Waals surface area contributed by atoms with Gasteiger partial charge in [-0.1, -0.05) is 0 Å². The first-order chi connectivity index (χ1) is 9.47. The van der Waals surface area contributed by atoms with Crippen molar-refractivity contribution in [2.45, 2.75) is 13.8 Å². The van der Waals surface area contributed by atoms with Gasteiger partial charge in [0.25, 0.3) is 0 Å². The van der Waals surface area contributed by atoms with Crippen molar-refractivity contribution < 1.29 is 14.3 Å². The van der Waals surface area contributed by atoms with E-state index in [-0.39, 0.29) is 5.78 Å². The molecule has 102 valence electrons. The number of primary amides is 1. The molecule has 1 amide bonds. The van der Waals surface area contributed by atoms with Gasteiger partial charge in [0.2, 0.25) is 5.91 Å². The fourth-order valence-corrected chi connectivity index (χ4v) is 1.80. The smallest absolute Gasteiger partial charge is 0.248 e. The number of hydrogen-bond donors (Lipinski definition) is 1. The zero-order valence-electron chi connectivity index (χ0n) is 11.3. The lowest BCUT2D eigenvalue weighted by atomic mass is 10.1. The van der Waals surface area contributed by atoms with Gasteiger partial charge in [0.15, 0.2) is 5.78 Å². The summed E-state index contributed by atoms with van der Waals surface area (Å²) in [7, 11) is 0. The minimum Gasteiger partial charge on any atom is -0.457 e. The van der Waals surface area contributed by atoms with Crippen molar-refractivity contribution in [3.8, 4) is 11.5 Å². The summed E-state index contributed by atoms with van der Waals surface area (Å²) in [5.41, 5.74) is 7.13. The first kappa shape index (κ1) is 13.8. The van der Waals surface area contributed by atoms with E-state index in [0.717, 1.165) is 5.56 Å². The van der Waals surface area contributed by atoms with Gasteiger partial charge in [-0.3, -0.25) is 9.59 Å². The van der Waals surface area contributed by atoms with Crippen molar-refractivity contribution >= 4 is 11.7 Å². The first-order valence-electron chi connectivity index (χ1n) is 6.16. The fourth-order valence-electron chi connectivity index (χ4n) is 1.80. The minimum atomic E-state index is -0.474. The Morgan fingerprint density at radius 1 is 1.00 bits per heavy atom. The summed E-state index contributed by atoms with van der Waals surface area (Å²) in [4.78, 5) is 22.3. The van der Waals surface area contributed by atoms with E-state index in [4.69, 9.17) is 10.5 Å². The number of carbonyl (C=O) groups is 2. The SMILES string of the molecule is CC(=O)c1ccc(Oc2ccc(C(N)=O)cc2)c(C)c1. The minimum absolute atomic E-state index is 0.0189. The van der Waals surface area contributed by atoms with Crippen LogP contribution in [-0.2, 0) is 0 Å². The summed E-state index contributed by atoms with van der Waals surface area (Å²) in [6.45, 7) is 3.40. The van der Waals surface area contributed by atoms with Crippen molar-refractivity contribution in [2.75, 3.05) is 0 Å². The molecule has 4 nitrogen and oxygen atoms in total. The fraction of sp³-hybridized carbons (Fsp3) is 0.125. The van der Waals surface area contributed by atoms with Gasteiger partial charge in [0.05, 0.1) is 0 Å². The van der Waals surface area contributed by atoms with E-state index in [9.17, 15) is 9.59 Å². The second kappa shape index (κ2) is 5.57. The molecule has 2 aromatic rings. The molecule has 2 rings (SSSR count). The van der Waals surface area contributed by atoms with Crippen molar-refractivity contribution in [2.24, 2.45) is 5.73 Å². The number of ketones is 1. The van der Waals surface area contributed by atoms with Crippen LogP contribution in [0.15, 0.2) is 42.5 Å². The van der Waals surface area contributed by atoms with Gasteiger partial charge in [-0.2, -0.15) is 0 Å². The standard InChI is InChI=1S/C16H15NO3/c1-10-9-13(11(2)18)5-8-15(10)20-14-6-3-12(4-7-14)16(17)19/h3-9H,1-2H3,(H2,17,19). The topological polar surface area (TPSA) is 69.4 Å². The molecule has 0 aliphatic rings. The molecule has 0 bridgehead atoms. The summed E-state index contributed by atoms with van der Waals surface area (Å²) >= 11 is 0. The molecule has 2 aromatic carbocycles. The highest BCUT2D eigenvalue weighted by molar-refractivity contribution is 5.94. The summed E-state index contributed by atoms with van der Waals surface area (Å²) in [5.74, 6) is 0.819. The van der Waals surface area contributed by atoms with Crippen molar-refractivity contribution in [3.05, 3.63) is 59.2 Å². The normalized spacial score (nSPS) is 10.1. The third kappa shape index (κ3) is 3.03. The highest BCUT2D eigenvalue weighted by Crippen LogP contribution is 2.26. The van der Waals surface area contributed by atoms with Crippen LogP contribution in [0.5, 0.6) is 11.5 Å². The molecule has 0 aromatic heterocycles. The molecular weight excluding hydrogens is 254 g/mol. The molecule has 0 atom stereocenters. The van der Waals surface area contributed by atoms with Crippen LogP contribution >= 0.6 is 0 Å². The molecule has 0 unspecified atom stereocenters. The average molecular weight is 269 g/mol. The van der Waals surface area contributed by atoms with E-state index in [0.29, 0.717) is 22.6 Å². The predicted octanol–water partition coefficient (Wildman–Crippen LogP) is 3.09. The highest BCUT2D eigenvalue weighted by Gasteiger charge is 2.06. The van der Waals surface area contributed by atoms with Crippen molar-refractivity contribution in [1.29, 1.82) is 0 Å². The molecule has 0 radical (unpaired) electrons. The lowest BCUT2D eigenvalue weighted by molar-refractivity contribution is 0.0996. The number of hydrogen-bond acceptors (Lipinski definition) is 3.